The first kappa shape index (κ1) is 10.9. The Labute approximate surface area is 82.2 Å². The van der Waals surface area contributed by atoms with Gasteiger partial charge in [0.1, 0.15) is 11.6 Å². The Hall–Kier alpha value is -1.22. The molecule has 0 heterocycles. The van der Waals surface area contributed by atoms with Gasteiger partial charge in [-0.15, -0.1) is 6.58 Å². The van der Waals surface area contributed by atoms with Crippen LogP contribution < -0.4 is 5.73 Å². The van der Waals surface area contributed by atoms with Crippen LogP contribution in [0.3, 0.4) is 0 Å². The van der Waals surface area contributed by atoms with Crippen LogP contribution in [0.2, 0.25) is 0 Å². The van der Waals surface area contributed by atoms with Gasteiger partial charge >= 0.3 is 0 Å². The molecule has 0 aliphatic rings. The van der Waals surface area contributed by atoms with E-state index in [0.29, 0.717) is 17.5 Å². The van der Waals surface area contributed by atoms with E-state index in [2.05, 4.69) is 6.58 Å². The number of benzene rings is 1. The molecule has 0 bridgehead atoms. The van der Waals surface area contributed by atoms with Crippen LogP contribution in [0.5, 0.6) is 0 Å². The van der Waals surface area contributed by atoms with E-state index in [9.17, 15) is 8.78 Å². The van der Waals surface area contributed by atoms with Crippen LogP contribution in [0.15, 0.2) is 24.8 Å². The molecule has 1 aromatic carbocycles. The summed E-state index contributed by atoms with van der Waals surface area (Å²) in [6.45, 7) is 5.30. The largest absolute Gasteiger partial charge is 0.321 e. The fourth-order valence-corrected chi connectivity index (χ4v) is 1.42. The Balaban J connectivity index is 3.31. The smallest absolute Gasteiger partial charge is 0.129 e. The Morgan fingerprint density at radius 2 is 2.14 bits per heavy atom. The van der Waals surface area contributed by atoms with Crippen molar-refractivity contribution in [3.8, 4) is 0 Å². The van der Waals surface area contributed by atoms with E-state index in [1.165, 1.54) is 12.1 Å². The van der Waals surface area contributed by atoms with E-state index < -0.39 is 17.7 Å². The zero-order valence-corrected chi connectivity index (χ0v) is 8.06. The zero-order chi connectivity index (χ0) is 10.7. The van der Waals surface area contributed by atoms with E-state index in [1.54, 1.807) is 6.92 Å². The lowest BCUT2D eigenvalue weighted by atomic mass is 9.98. The van der Waals surface area contributed by atoms with Crippen LogP contribution in [-0.4, -0.2) is 0 Å². The molecule has 0 aliphatic carbocycles. The molecule has 0 aromatic heterocycles. The average Bonchev–Trinajstić information content (AvgIpc) is 2.15. The second-order valence-electron chi connectivity index (χ2n) is 3.07. The van der Waals surface area contributed by atoms with E-state index in [1.807, 2.05) is 0 Å². The highest BCUT2D eigenvalue weighted by molar-refractivity contribution is 5.33. The molecular weight excluding hydrogens is 184 g/mol. The summed E-state index contributed by atoms with van der Waals surface area (Å²) >= 11 is 0. The molecule has 1 aromatic rings. The molecule has 14 heavy (non-hydrogen) atoms. The standard InChI is InChI=1S/C11H13F2N/c1-3-8-9(11(14)4-2)5-7(12)6-10(8)13/h4-6,11H,2-3,14H2,1H3/t11-/m0/s1. The normalized spacial score (nSPS) is 12.6. The van der Waals surface area contributed by atoms with Crippen molar-refractivity contribution in [2.75, 3.05) is 0 Å². The third-order valence-corrected chi connectivity index (χ3v) is 2.16. The van der Waals surface area contributed by atoms with Crippen molar-refractivity contribution < 1.29 is 8.78 Å². The molecular formula is C11H13F2N. The van der Waals surface area contributed by atoms with Gasteiger partial charge in [-0.25, -0.2) is 8.78 Å². The van der Waals surface area contributed by atoms with Gasteiger partial charge in [-0.1, -0.05) is 13.0 Å². The van der Waals surface area contributed by atoms with Gasteiger partial charge in [0.2, 0.25) is 0 Å². The first-order valence-corrected chi connectivity index (χ1v) is 4.46. The molecule has 0 aliphatic heterocycles. The quantitative estimate of drug-likeness (QED) is 0.741. The Morgan fingerprint density at radius 3 is 2.64 bits per heavy atom. The van der Waals surface area contributed by atoms with Crippen LogP contribution >= 0.6 is 0 Å². The minimum atomic E-state index is -0.605. The van der Waals surface area contributed by atoms with Crippen molar-refractivity contribution in [3.05, 3.63) is 47.5 Å². The second kappa shape index (κ2) is 4.33. The van der Waals surface area contributed by atoms with Gasteiger partial charge in [-0.2, -0.15) is 0 Å². The first-order valence-electron chi connectivity index (χ1n) is 4.46. The summed E-state index contributed by atoms with van der Waals surface area (Å²) in [6, 6.07) is 1.61. The highest BCUT2D eigenvalue weighted by Crippen LogP contribution is 2.22. The van der Waals surface area contributed by atoms with Gasteiger partial charge < -0.3 is 5.73 Å². The van der Waals surface area contributed by atoms with Gasteiger partial charge in [-0.05, 0) is 23.6 Å². The van der Waals surface area contributed by atoms with Crippen molar-refractivity contribution in [2.45, 2.75) is 19.4 Å². The summed E-state index contributed by atoms with van der Waals surface area (Å²) in [6.07, 6.45) is 1.95. The molecule has 0 saturated carbocycles. The molecule has 3 heteroatoms. The summed E-state index contributed by atoms with van der Waals surface area (Å²) in [7, 11) is 0. The van der Waals surface area contributed by atoms with Crippen molar-refractivity contribution in [2.24, 2.45) is 5.73 Å². The number of hydrogen-bond donors (Lipinski definition) is 1. The fraction of sp³-hybridized carbons (Fsp3) is 0.273. The molecule has 1 rings (SSSR count). The van der Waals surface area contributed by atoms with Crippen molar-refractivity contribution in [1.29, 1.82) is 0 Å². The molecule has 2 N–H and O–H groups in total. The fourth-order valence-electron chi connectivity index (χ4n) is 1.42. The summed E-state index contributed by atoms with van der Waals surface area (Å²) in [5, 5.41) is 0. The minimum Gasteiger partial charge on any atom is -0.321 e. The molecule has 0 spiro atoms. The third-order valence-electron chi connectivity index (χ3n) is 2.16. The van der Waals surface area contributed by atoms with Crippen molar-refractivity contribution in [3.63, 3.8) is 0 Å². The van der Waals surface area contributed by atoms with Crippen LogP contribution in [0, 0.1) is 11.6 Å². The number of rotatable bonds is 3. The van der Waals surface area contributed by atoms with E-state index in [-0.39, 0.29) is 0 Å². The van der Waals surface area contributed by atoms with Crippen LogP contribution in [-0.2, 0) is 6.42 Å². The van der Waals surface area contributed by atoms with Crippen molar-refractivity contribution in [1.82, 2.24) is 0 Å². The van der Waals surface area contributed by atoms with Crippen molar-refractivity contribution >= 4 is 0 Å². The highest BCUT2D eigenvalue weighted by Gasteiger charge is 2.13. The lowest BCUT2D eigenvalue weighted by Gasteiger charge is -2.13. The predicted molar refractivity (Wildman–Crippen MR) is 52.9 cm³/mol. The van der Waals surface area contributed by atoms with Gasteiger partial charge in [0.05, 0.1) is 0 Å². The highest BCUT2D eigenvalue weighted by atomic mass is 19.1. The molecule has 0 saturated heterocycles. The van der Waals surface area contributed by atoms with Gasteiger partial charge in [0.25, 0.3) is 0 Å². The van der Waals surface area contributed by atoms with Gasteiger partial charge in [-0.3, -0.25) is 0 Å². The van der Waals surface area contributed by atoms with E-state index in [4.69, 9.17) is 5.73 Å². The van der Waals surface area contributed by atoms with E-state index >= 15 is 0 Å². The molecule has 0 amide bonds. The lowest BCUT2D eigenvalue weighted by molar-refractivity contribution is 0.566. The Kier molecular flexibility index (Phi) is 3.36. The topological polar surface area (TPSA) is 26.0 Å². The first-order chi connectivity index (χ1) is 6.60. The minimum absolute atomic E-state index is 0.457. The summed E-state index contributed by atoms with van der Waals surface area (Å²) in [5.74, 6) is -1.15. The molecule has 76 valence electrons. The Morgan fingerprint density at radius 1 is 1.50 bits per heavy atom. The second-order valence-corrected chi connectivity index (χ2v) is 3.07. The summed E-state index contributed by atoms with van der Waals surface area (Å²) in [4.78, 5) is 0. The summed E-state index contributed by atoms with van der Waals surface area (Å²) < 4.78 is 26.2. The lowest BCUT2D eigenvalue weighted by Crippen LogP contribution is -2.11. The maximum absolute atomic E-state index is 13.3. The number of hydrogen-bond acceptors (Lipinski definition) is 1. The predicted octanol–water partition coefficient (Wildman–Crippen LogP) is 2.71. The monoisotopic (exact) mass is 197 g/mol. The van der Waals surface area contributed by atoms with Crippen LogP contribution in [0.1, 0.15) is 24.1 Å². The Bertz CT molecular complexity index is 347. The number of halogens is 2. The molecule has 1 atom stereocenters. The SMILES string of the molecule is C=C[C@H](N)c1cc(F)cc(F)c1CC. The van der Waals surface area contributed by atoms with Gasteiger partial charge in [0, 0.05) is 12.1 Å². The average molecular weight is 197 g/mol. The number of nitrogens with two attached hydrogens (primary N) is 1. The zero-order valence-electron chi connectivity index (χ0n) is 8.06. The maximum Gasteiger partial charge on any atom is 0.129 e. The van der Waals surface area contributed by atoms with E-state index in [0.717, 1.165) is 6.07 Å². The van der Waals surface area contributed by atoms with Crippen LogP contribution in [0.4, 0.5) is 8.78 Å². The summed E-state index contributed by atoms with van der Waals surface area (Å²) in [5.41, 5.74) is 6.59. The van der Waals surface area contributed by atoms with Gasteiger partial charge in [0.15, 0.2) is 0 Å². The molecule has 0 radical (unpaired) electrons. The molecule has 0 unspecified atom stereocenters. The molecule has 1 nitrogen and oxygen atoms in total. The molecule has 0 fully saturated rings. The third kappa shape index (κ3) is 1.99. The van der Waals surface area contributed by atoms with Crippen LogP contribution in [0.25, 0.3) is 0 Å². The maximum atomic E-state index is 13.3.